The SMILES string of the molecule is CC[C@H](C(=O)NC(C)(C)C)N(Cc1cccc(C)c1)C(=O)CN(c1cc(OC)ccc1OC)S(=O)(=O)c1ccc(C)cc1. The van der Waals surface area contributed by atoms with E-state index in [9.17, 15) is 18.0 Å². The van der Waals surface area contributed by atoms with Crippen molar-refractivity contribution in [3.8, 4) is 11.5 Å². The predicted octanol–water partition coefficient (Wildman–Crippen LogP) is 5.24. The van der Waals surface area contributed by atoms with Gasteiger partial charge in [0.25, 0.3) is 10.0 Å². The summed E-state index contributed by atoms with van der Waals surface area (Å²) in [5.74, 6) is -0.229. The smallest absolute Gasteiger partial charge is 0.264 e. The average Bonchev–Trinajstić information content (AvgIpc) is 2.94. The lowest BCUT2D eigenvalue weighted by molar-refractivity contribution is -0.141. The number of nitrogens with zero attached hydrogens (tertiary/aromatic N) is 2. The van der Waals surface area contributed by atoms with E-state index in [4.69, 9.17) is 9.47 Å². The number of ether oxygens (including phenoxy) is 2. The van der Waals surface area contributed by atoms with Gasteiger partial charge in [-0.15, -0.1) is 0 Å². The maximum absolute atomic E-state index is 14.3. The normalized spacial score (nSPS) is 12.3. The Labute approximate surface area is 255 Å². The first-order valence-electron chi connectivity index (χ1n) is 14.2. The molecule has 0 heterocycles. The molecular weight excluding hydrogens is 566 g/mol. The zero-order valence-electron chi connectivity index (χ0n) is 26.3. The minimum absolute atomic E-state index is 0.0125. The molecule has 1 atom stereocenters. The van der Waals surface area contributed by atoms with Gasteiger partial charge in [0.05, 0.1) is 24.8 Å². The lowest BCUT2D eigenvalue weighted by Crippen LogP contribution is -2.55. The van der Waals surface area contributed by atoms with E-state index in [0.717, 1.165) is 21.0 Å². The molecule has 2 amide bonds. The van der Waals surface area contributed by atoms with Crippen molar-refractivity contribution in [3.63, 3.8) is 0 Å². The van der Waals surface area contributed by atoms with Crippen molar-refractivity contribution in [2.45, 2.75) is 71.0 Å². The Morgan fingerprint density at radius 2 is 1.58 bits per heavy atom. The Morgan fingerprint density at radius 3 is 2.14 bits per heavy atom. The zero-order chi connectivity index (χ0) is 31.9. The number of rotatable bonds is 12. The summed E-state index contributed by atoms with van der Waals surface area (Å²) in [5.41, 5.74) is 2.32. The third-order valence-corrected chi connectivity index (χ3v) is 8.64. The molecule has 3 aromatic rings. The van der Waals surface area contributed by atoms with E-state index in [1.165, 1.54) is 37.3 Å². The summed E-state index contributed by atoms with van der Waals surface area (Å²) in [5, 5.41) is 2.98. The summed E-state index contributed by atoms with van der Waals surface area (Å²) in [4.78, 5) is 29.3. The molecule has 0 spiro atoms. The number of amides is 2. The molecule has 0 radical (unpaired) electrons. The van der Waals surface area contributed by atoms with E-state index >= 15 is 0 Å². The van der Waals surface area contributed by atoms with Gasteiger partial charge in [-0.05, 0) is 70.9 Å². The topological polar surface area (TPSA) is 105 Å². The van der Waals surface area contributed by atoms with Crippen molar-refractivity contribution in [3.05, 3.63) is 83.4 Å². The number of anilines is 1. The minimum atomic E-state index is -4.27. The number of methoxy groups -OCH3 is 2. The molecular formula is C33H43N3O6S. The highest BCUT2D eigenvalue weighted by Gasteiger charge is 2.35. The first-order valence-corrected chi connectivity index (χ1v) is 15.6. The Kier molecular flexibility index (Phi) is 10.9. The molecule has 0 aliphatic heterocycles. The fraction of sp³-hybridized carbons (Fsp3) is 0.394. The molecule has 0 aliphatic carbocycles. The van der Waals surface area contributed by atoms with Crippen molar-refractivity contribution in [1.29, 1.82) is 0 Å². The molecule has 0 aliphatic rings. The van der Waals surface area contributed by atoms with E-state index in [0.29, 0.717) is 12.2 Å². The Bertz CT molecular complexity index is 1530. The molecule has 3 aromatic carbocycles. The average molecular weight is 610 g/mol. The number of hydrogen-bond donors (Lipinski definition) is 1. The molecule has 0 bridgehead atoms. The second-order valence-electron chi connectivity index (χ2n) is 11.5. The number of carbonyl (C=O) groups excluding carboxylic acids is 2. The molecule has 3 rings (SSSR count). The van der Waals surface area contributed by atoms with Gasteiger partial charge in [0, 0.05) is 18.2 Å². The minimum Gasteiger partial charge on any atom is -0.497 e. The lowest BCUT2D eigenvalue weighted by atomic mass is 10.0. The van der Waals surface area contributed by atoms with Crippen LogP contribution in [0.25, 0.3) is 0 Å². The Morgan fingerprint density at radius 1 is 0.907 bits per heavy atom. The van der Waals surface area contributed by atoms with Gasteiger partial charge in [-0.2, -0.15) is 0 Å². The van der Waals surface area contributed by atoms with E-state index in [-0.39, 0.29) is 28.8 Å². The van der Waals surface area contributed by atoms with E-state index < -0.39 is 34.1 Å². The molecule has 10 heteroatoms. The Balaban J connectivity index is 2.17. The van der Waals surface area contributed by atoms with Gasteiger partial charge < -0.3 is 19.7 Å². The lowest BCUT2D eigenvalue weighted by Gasteiger charge is -2.35. The first kappa shape index (κ1) is 33.5. The van der Waals surface area contributed by atoms with Gasteiger partial charge in [0.1, 0.15) is 24.1 Å². The van der Waals surface area contributed by atoms with Crippen LogP contribution in [0.3, 0.4) is 0 Å². The van der Waals surface area contributed by atoms with Crippen molar-refractivity contribution in [1.82, 2.24) is 10.2 Å². The molecule has 9 nitrogen and oxygen atoms in total. The van der Waals surface area contributed by atoms with Crippen LogP contribution >= 0.6 is 0 Å². The molecule has 0 fully saturated rings. The standard InChI is InChI=1S/C33H43N3O6S/c1-9-28(32(38)34-33(4,5)6)35(21-25-12-10-11-24(3)19-25)31(37)22-36(29-20-26(41-7)15-18-30(29)42-8)43(39,40)27-16-13-23(2)14-17-27/h10-20,28H,9,21-22H2,1-8H3,(H,34,38)/t28-/m1/s1. The van der Waals surface area contributed by atoms with Crippen LogP contribution in [0.2, 0.25) is 0 Å². The second-order valence-corrected chi connectivity index (χ2v) is 13.4. The van der Waals surface area contributed by atoms with Crippen LogP contribution in [0.5, 0.6) is 11.5 Å². The first-order chi connectivity index (χ1) is 20.2. The summed E-state index contributed by atoms with van der Waals surface area (Å²) < 4.78 is 40.4. The number of carbonyl (C=O) groups is 2. The highest BCUT2D eigenvalue weighted by molar-refractivity contribution is 7.92. The number of aryl methyl sites for hydroxylation is 2. The van der Waals surface area contributed by atoms with E-state index in [1.807, 2.05) is 65.8 Å². The molecule has 0 aromatic heterocycles. The monoisotopic (exact) mass is 609 g/mol. The van der Waals surface area contributed by atoms with Crippen molar-refractivity contribution in [2.24, 2.45) is 0 Å². The van der Waals surface area contributed by atoms with Crippen LogP contribution in [-0.4, -0.2) is 57.5 Å². The number of hydrogen-bond acceptors (Lipinski definition) is 6. The van der Waals surface area contributed by atoms with Crippen LogP contribution in [-0.2, 0) is 26.2 Å². The highest BCUT2D eigenvalue weighted by atomic mass is 32.2. The molecule has 0 saturated heterocycles. The van der Waals surface area contributed by atoms with Gasteiger partial charge in [-0.1, -0.05) is 54.4 Å². The van der Waals surface area contributed by atoms with Gasteiger partial charge in [0.15, 0.2) is 0 Å². The van der Waals surface area contributed by atoms with Gasteiger partial charge in [0.2, 0.25) is 11.8 Å². The summed E-state index contributed by atoms with van der Waals surface area (Å²) in [6.07, 6.45) is 0.326. The summed E-state index contributed by atoms with van der Waals surface area (Å²) in [6.45, 7) is 10.8. The number of benzene rings is 3. The zero-order valence-corrected chi connectivity index (χ0v) is 27.1. The van der Waals surface area contributed by atoms with Crippen LogP contribution in [0, 0.1) is 13.8 Å². The van der Waals surface area contributed by atoms with Gasteiger partial charge in [-0.25, -0.2) is 8.42 Å². The largest absolute Gasteiger partial charge is 0.497 e. The number of sulfonamides is 1. The maximum atomic E-state index is 14.3. The number of nitrogens with one attached hydrogen (secondary N) is 1. The van der Waals surface area contributed by atoms with Crippen molar-refractivity contribution < 1.29 is 27.5 Å². The summed E-state index contributed by atoms with van der Waals surface area (Å²) in [7, 11) is -1.37. The van der Waals surface area contributed by atoms with Crippen LogP contribution in [0.15, 0.2) is 71.6 Å². The second kappa shape index (κ2) is 13.9. The van der Waals surface area contributed by atoms with Crippen LogP contribution < -0.4 is 19.1 Å². The molecule has 232 valence electrons. The molecule has 0 unspecified atom stereocenters. The van der Waals surface area contributed by atoms with E-state index in [1.54, 1.807) is 24.3 Å². The Hall–Kier alpha value is -4.05. The summed E-state index contributed by atoms with van der Waals surface area (Å²) >= 11 is 0. The van der Waals surface area contributed by atoms with Crippen molar-refractivity contribution >= 4 is 27.5 Å². The highest BCUT2D eigenvalue weighted by Crippen LogP contribution is 2.36. The third-order valence-electron chi connectivity index (χ3n) is 6.86. The predicted molar refractivity (Wildman–Crippen MR) is 169 cm³/mol. The molecule has 0 saturated carbocycles. The van der Waals surface area contributed by atoms with Crippen LogP contribution in [0.1, 0.15) is 50.8 Å². The molecule has 1 N–H and O–H groups in total. The van der Waals surface area contributed by atoms with Gasteiger partial charge in [-0.3, -0.25) is 13.9 Å². The quantitative estimate of drug-likeness (QED) is 0.301. The van der Waals surface area contributed by atoms with Crippen molar-refractivity contribution in [2.75, 3.05) is 25.1 Å². The molecule has 43 heavy (non-hydrogen) atoms. The fourth-order valence-corrected chi connectivity index (χ4v) is 6.14. The fourth-order valence-electron chi connectivity index (χ4n) is 4.72. The maximum Gasteiger partial charge on any atom is 0.264 e. The third kappa shape index (κ3) is 8.50. The van der Waals surface area contributed by atoms with Gasteiger partial charge >= 0.3 is 0 Å². The summed E-state index contributed by atoms with van der Waals surface area (Å²) in [6, 6.07) is 18.0. The van der Waals surface area contributed by atoms with Crippen LogP contribution in [0.4, 0.5) is 5.69 Å². The van der Waals surface area contributed by atoms with E-state index in [2.05, 4.69) is 5.32 Å².